The third-order valence-corrected chi connectivity index (χ3v) is 6.32. The Morgan fingerprint density at radius 2 is 1.82 bits per heavy atom. The number of phenols is 1. The summed E-state index contributed by atoms with van der Waals surface area (Å²) in [6.45, 7) is 0. The van der Waals surface area contributed by atoms with Gasteiger partial charge in [0.15, 0.2) is 0 Å². The van der Waals surface area contributed by atoms with E-state index in [2.05, 4.69) is 30.4 Å². The molecular weight excluding hydrogens is 494 g/mol. The number of nitrogens with zero attached hydrogens (tertiary/aromatic N) is 5. The molecule has 0 aliphatic heterocycles. The number of amides is 1. The van der Waals surface area contributed by atoms with Crippen LogP contribution < -0.4 is 10.1 Å². The van der Waals surface area contributed by atoms with Gasteiger partial charge in [0, 0.05) is 36.6 Å². The molecule has 0 fully saturated rings. The first-order chi connectivity index (χ1) is 19.0. The minimum absolute atomic E-state index is 0.0681. The lowest BCUT2D eigenvalue weighted by Crippen LogP contribution is -2.14. The number of benzene rings is 2. The number of aromatic amines is 1. The molecule has 0 atom stereocenters. The van der Waals surface area contributed by atoms with Crippen molar-refractivity contribution >= 4 is 22.8 Å². The monoisotopic (exact) mass is 517 g/mol. The number of hydrogen-bond acceptors (Lipinski definition) is 7. The van der Waals surface area contributed by atoms with Gasteiger partial charge in [0.25, 0.3) is 5.91 Å². The highest BCUT2D eigenvalue weighted by atomic mass is 16.5. The van der Waals surface area contributed by atoms with Crippen LogP contribution in [-0.2, 0) is 7.05 Å². The predicted octanol–water partition coefficient (Wildman–Crippen LogP) is 5.05. The molecule has 0 bridgehead atoms. The SMILES string of the molecule is COc1ncccc1-c1ccc(O)c(-c2nc3cc(C(=O)Nc4cc(-c5ccccn5)nn4C)ccc3[nH]2)c1. The number of nitrogens with one attached hydrogen (secondary N) is 2. The molecule has 39 heavy (non-hydrogen) atoms. The highest BCUT2D eigenvalue weighted by Crippen LogP contribution is 2.35. The molecule has 0 unspecified atom stereocenters. The Kier molecular flexibility index (Phi) is 5.96. The normalized spacial score (nSPS) is 11.0. The highest BCUT2D eigenvalue weighted by Gasteiger charge is 2.16. The first kappa shape index (κ1) is 23.9. The smallest absolute Gasteiger partial charge is 0.256 e. The van der Waals surface area contributed by atoms with Crippen molar-refractivity contribution in [3.05, 3.63) is 90.8 Å². The second-order valence-electron chi connectivity index (χ2n) is 8.82. The second-order valence-corrected chi connectivity index (χ2v) is 8.82. The number of H-pyrrole nitrogens is 1. The third-order valence-electron chi connectivity index (χ3n) is 6.32. The van der Waals surface area contributed by atoms with E-state index < -0.39 is 0 Å². The van der Waals surface area contributed by atoms with Crippen molar-refractivity contribution in [2.75, 3.05) is 12.4 Å². The zero-order valence-corrected chi connectivity index (χ0v) is 21.1. The molecule has 1 amide bonds. The van der Waals surface area contributed by atoms with Crippen LogP contribution in [0.1, 0.15) is 10.4 Å². The van der Waals surface area contributed by atoms with Gasteiger partial charge < -0.3 is 20.1 Å². The Hall–Kier alpha value is -5.51. The number of aryl methyl sites for hydroxylation is 1. The summed E-state index contributed by atoms with van der Waals surface area (Å²) in [4.78, 5) is 29.6. The Morgan fingerprint density at radius 1 is 0.949 bits per heavy atom. The van der Waals surface area contributed by atoms with Gasteiger partial charge >= 0.3 is 0 Å². The van der Waals surface area contributed by atoms with Gasteiger partial charge in [-0.1, -0.05) is 12.1 Å². The number of pyridine rings is 2. The maximum atomic E-state index is 13.1. The summed E-state index contributed by atoms with van der Waals surface area (Å²) in [5.74, 6) is 1.26. The number of carbonyl (C=O) groups is 1. The molecule has 0 radical (unpaired) electrons. The summed E-state index contributed by atoms with van der Waals surface area (Å²) in [7, 11) is 3.32. The average molecular weight is 518 g/mol. The number of anilines is 1. The van der Waals surface area contributed by atoms with Crippen LogP contribution >= 0.6 is 0 Å². The summed E-state index contributed by atoms with van der Waals surface area (Å²) >= 11 is 0. The fourth-order valence-corrected chi connectivity index (χ4v) is 4.35. The van der Waals surface area contributed by atoms with Gasteiger partial charge in [-0.3, -0.25) is 14.5 Å². The van der Waals surface area contributed by atoms with Crippen molar-refractivity contribution < 1.29 is 14.6 Å². The van der Waals surface area contributed by atoms with E-state index in [1.807, 2.05) is 36.4 Å². The summed E-state index contributed by atoms with van der Waals surface area (Å²) in [6.07, 6.45) is 3.35. The fraction of sp³-hybridized carbons (Fsp3) is 0.0690. The molecule has 6 aromatic rings. The number of ether oxygens (including phenoxy) is 1. The topological polar surface area (TPSA) is 131 Å². The maximum absolute atomic E-state index is 13.1. The quantitative estimate of drug-likeness (QED) is 0.282. The van der Waals surface area contributed by atoms with Gasteiger partial charge in [-0.15, -0.1) is 0 Å². The van der Waals surface area contributed by atoms with Gasteiger partial charge in [0.2, 0.25) is 5.88 Å². The van der Waals surface area contributed by atoms with Crippen LogP contribution in [0.25, 0.3) is 44.9 Å². The molecule has 2 aromatic carbocycles. The molecule has 0 aliphatic carbocycles. The Morgan fingerprint density at radius 3 is 2.64 bits per heavy atom. The number of phenolic OH excluding ortho intramolecular Hbond substituents is 1. The lowest BCUT2D eigenvalue weighted by Gasteiger charge is -2.09. The maximum Gasteiger partial charge on any atom is 0.256 e. The zero-order valence-electron chi connectivity index (χ0n) is 21.1. The molecule has 192 valence electrons. The van der Waals surface area contributed by atoms with Crippen LogP contribution in [-0.4, -0.2) is 47.8 Å². The zero-order chi connectivity index (χ0) is 26.9. The number of aromatic hydroxyl groups is 1. The number of aromatic nitrogens is 6. The van der Waals surface area contributed by atoms with Crippen molar-refractivity contribution in [1.82, 2.24) is 29.7 Å². The molecule has 10 nitrogen and oxygen atoms in total. The van der Waals surface area contributed by atoms with E-state index >= 15 is 0 Å². The molecule has 0 saturated carbocycles. The lowest BCUT2D eigenvalue weighted by atomic mass is 10.0. The van der Waals surface area contributed by atoms with E-state index in [1.54, 1.807) is 67.6 Å². The first-order valence-electron chi connectivity index (χ1n) is 12.1. The number of hydrogen-bond donors (Lipinski definition) is 3. The average Bonchev–Trinajstić information content (AvgIpc) is 3.56. The molecule has 3 N–H and O–H groups in total. The minimum Gasteiger partial charge on any atom is -0.507 e. The molecule has 0 aliphatic rings. The van der Waals surface area contributed by atoms with E-state index in [1.165, 1.54) is 0 Å². The van der Waals surface area contributed by atoms with Gasteiger partial charge in [-0.2, -0.15) is 5.10 Å². The fourth-order valence-electron chi connectivity index (χ4n) is 4.35. The summed E-state index contributed by atoms with van der Waals surface area (Å²) < 4.78 is 6.99. The van der Waals surface area contributed by atoms with Gasteiger partial charge in [-0.25, -0.2) is 9.97 Å². The van der Waals surface area contributed by atoms with Crippen LogP contribution in [0, 0.1) is 0 Å². The molecule has 0 spiro atoms. The second kappa shape index (κ2) is 9.75. The van der Waals surface area contributed by atoms with E-state index in [4.69, 9.17) is 4.74 Å². The van der Waals surface area contributed by atoms with E-state index in [9.17, 15) is 9.90 Å². The number of imidazole rings is 1. The molecule has 4 aromatic heterocycles. The predicted molar refractivity (Wildman–Crippen MR) is 147 cm³/mol. The summed E-state index contributed by atoms with van der Waals surface area (Å²) in [5, 5.41) is 18.0. The van der Waals surface area contributed by atoms with Gasteiger partial charge in [-0.05, 0) is 60.2 Å². The minimum atomic E-state index is -0.300. The van der Waals surface area contributed by atoms with E-state index in [0.717, 1.165) is 16.6 Å². The van der Waals surface area contributed by atoms with Crippen molar-refractivity contribution in [3.8, 4) is 45.5 Å². The molecule has 4 heterocycles. The Bertz CT molecular complexity index is 1830. The van der Waals surface area contributed by atoms with E-state index in [-0.39, 0.29) is 11.7 Å². The van der Waals surface area contributed by atoms with E-state index in [0.29, 0.717) is 45.6 Å². The summed E-state index contributed by atoms with van der Waals surface area (Å²) in [6, 6.07) is 21.5. The number of rotatable bonds is 6. The molecule has 6 rings (SSSR count). The lowest BCUT2D eigenvalue weighted by molar-refractivity contribution is 0.102. The van der Waals surface area contributed by atoms with Crippen LogP contribution in [0.5, 0.6) is 11.6 Å². The molecule has 10 heteroatoms. The molecule has 0 saturated heterocycles. The van der Waals surface area contributed by atoms with Crippen molar-refractivity contribution in [1.29, 1.82) is 0 Å². The van der Waals surface area contributed by atoms with Gasteiger partial charge in [0.05, 0.1) is 29.4 Å². The first-order valence-corrected chi connectivity index (χ1v) is 12.1. The standard InChI is InChI=1S/C29H23N7O3/c1-36-26(16-24(35-36)21-7-3-4-12-30-21)34-28(38)18-8-10-22-23(15-18)33-27(32-22)20-14-17(9-11-25(20)37)19-6-5-13-31-29(19)39-2/h3-16,37H,1-2H3,(H,32,33)(H,34,38). The van der Waals surface area contributed by atoms with Crippen molar-refractivity contribution in [2.24, 2.45) is 7.05 Å². The Balaban J connectivity index is 1.29. The van der Waals surface area contributed by atoms with Gasteiger partial charge in [0.1, 0.15) is 23.1 Å². The highest BCUT2D eigenvalue weighted by molar-refractivity contribution is 6.06. The number of fused-ring (bicyclic) bond motifs is 1. The van der Waals surface area contributed by atoms with Crippen LogP contribution in [0.2, 0.25) is 0 Å². The van der Waals surface area contributed by atoms with Crippen molar-refractivity contribution in [2.45, 2.75) is 0 Å². The third kappa shape index (κ3) is 4.55. The Labute approximate surface area is 223 Å². The number of carbonyl (C=O) groups excluding carboxylic acids is 1. The number of methoxy groups -OCH3 is 1. The van der Waals surface area contributed by atoms with Crippen LogP contribution in [0.4, 0.5) is 5.82 Å². The molecular formula is C29H23N7O3. The largest absolute Gasteiger partial charge is 0.507 e. The van der Waals surface area contributed by atoms with Crippen LogP contribution in [0.15, 0.2) is 85.2 Å². The summed E-state index contributed by atoms with van der Waals surface area (Å²) in [5.41, 5.74) is 5.23. The van der Waals surface area contributed by atoms with Crippen LogP contribution in [0.3, 0.4) is 0 Å². The van der Waals surface area contributed by atoms with Crippen molar-refractivity contribution in [3.63, 3.8) is 0 Å².